The van der Waals surface area contributed by atoms with Crippen LogP contribution in [0, 0.1) is 19.8 Å². The van der Waals surface area contributed by atoms with Crippen molar-refractivity contribution in [2.75, 3.05) is 13.7 Å². The quantitative estimate of drug-likeness (QED) is 0.739. The predicted octanol–water partition coefficient (Wildman–Crippen LogP) is 5.16. The number of benzene rings is 1. The average molecular weight is 342 g/mol. The second kappa shape index (κ2) is 8.04. The molecule has 0 spiro atoms. The summed E-state index contributed by atoms with van der Waals surface area (Å²) in [5, 5.41) is 3.63. The van der Waals surface area contributed by atoms with E-state index in [0.717, 1.165) is 23.2 Å². The van der Waals surface area contributed by atoms with Gasteiger partial charge in [-0.1, -0.05) is 43.1 Å². The van der Waals surface area contributed by atoms with Crippen LogP contribution >= 0.6 is 15.9 Å². The maximum Gasteiger partial charge on any atom is 0.126 e. The van der Waals surface area contributed by atoms with Crippen molar-refractivity contribution in [2.24, 2.45) is 5.92 Å². The fourth-order valence-corrected chi connectivity index (χ4v) is 3.24. The van der Waals surface area contributed by atoms with Crippen LogP contribution in [0.4, 0.5) is 0 Å². The Morgan fingerprint density at radius 2 is 1.95 bits per heavy atom. The molecule has 1 N–H and O–H groups in total. The molecule has 1 rings (SSSR count). The van der Waals surface area contributed by atoms with Gasteiger partial charge >= 0.3 is 0 Å². The highest BCUT2D eigenvalue weighted by Gasteiger charge is 2.22. The molecular weight excluding hydrogens is 314 g/mol. The fraction of sp³-hybridized carbons (Fsp3) is 0.647. The van der Waals surface area contributed by atoms with E-state index in [1.807, 2.05) is 0 Å². The molecule has 0 aromatic heterocycles. The minimum Gasteiger partial charge on any atom is -0.496 e. The lowest BCUT2D eigenvalue weighted by Crippen LogP contribution is -2.24. The fourth-order valence-electron chi connectivity index (χ4n) is 2.68. The maximum absolute atomic E-state index is 5.69. The first-order valence-corrected chi connectivity index (χ1v) is 8.32. The van der Waals surface area contributed by atoms with Crippen LogP contribution in [-0.2, 0) is 0 Å². The summed E-state index contributed by atoms with van der Waals surface area (Å²) in [4.78, 5) is 0. The maximum atomic E-state index is 5.69. The van der Waals surface area contributed by atoms with E-state index in [1.165, 1.54) is 23.1 Å². The highest BCUT2D eigenvalue weighted by atomic mass is 79.9. The van der Waals surface area contributed by atoms with Crippen molar-refractivity contribution in [3.05, 3.63) is 27.2 Å². The van der Waals surface area contributed by atoms with E-state index in [9.17, 15) is 0 Å². The van der Waals surface area contributed by atoms with Crippen LogP contribution in [-0.4, -0.2) is 13.7 Å². The van der Waals surface area contributed by atoms with Gasteiger partial charge in [-0.2, -0.15) is 0 Å². The Hall–Kier alpha value is -0.540. The number of halogens is 1. The molecule has 1 aromatic carbocycles. The third-order valence-corrected chi connectivity index (χ3v) is 4.87. The molecule has 0 heterocycles. The highest BCUT2D eigenvalue weighted by Crippen LogP contribution is 2.38. The van der Waals surface area contributed by atoms with Crippen molar-refractivity contribution in [3.8, 4) is 5.75 Å². The van der Waals surface area contributed by atoms with Crippen molar-refractivity contribution in [1.82, 2.24) is 5.32 Å². The van der Waals surface area contributed by atoms with Gasteiger partial charge in [0.2, 0.25) is 0 Å². The molecule has 114 valence electrons. The van der Waals surface area contributed by atoms with Gasteiger partial charge in [-0.05, 0) is 49.9 Å². The third-order valence-electron chi connectivity index (χ3n) is 4.05. The number of methoxy groups -OCH3 is 1. The minimum atomic E-state index is 0.348. The molecule has 0 amide bonds. The summed E-state index contributed by atoms with van der Waals surface area (Å²) in [6.45, 7) is 12.0. The normalized spacial score (nSPS) is 14.2. The summed E-state index contributed by atoms with van der Waals surface area (Å²) >= 11 is 3.68. The van der Waals surface area contributed by atoms with E-state index in [0.29, 0.717) is 12.0 Å². The number of rotatable bonds is 7. The Kier molecular flexibility index (Phi) is 7.04. The number of nitrogens with one attached hydrogen (secondary N) is 1. The molecule has 0 aliphatic carbocycles. The number of hydrogen-bond donors (Lipinski definition) is 1. The molecular formula is C17H28BrNO. The largest absolute Gasteiger partial charge is 0.496 e. The number of ether oxygens (including phenoxy) is 1. The molecule has 0 saturated carbocycles. The zero-order valence-electron chi connectivity index (χ0n) is 13.6. The molecule has 0 aliphatic rings. The summed E-state index contributed by atoms with van der Waals surface area (Å²) < 4.78 is 6.86. The van der Waals surface area contributed by atoms with Gasteiger partial charge in [-0.15, -0.1) is 0 Å². The number of aryl methyl sites for hydroxylation is 1. The first kappa shape index (κ1) is 17.5. The monoisotopic (exact) mass is 341 g/mol. The first-order chi connectivity index (χ1) is 9.46. The summed E-state index contributed by atoms with van der Waals surface area (Å²) in [5.41, 5.74) is 3.77. The molecule has 0 saturated heterocycles. The summed E-state index contributed by atoms with van der Waals surface area (Å²) in [6, 6.07) is 2.49. The summed E-state index contributed by atoms with van der Waals surface area (Å²) in [7, 11) is 1.77. The second-order valence-corrected chi connectivity index (χ2v) is 6.46. The Labute approximate surface area is 132 Å². The van der Waals surface area contributed by atoms with Crippen LogP contribution < -0.4 is 10.1 Å². The lowest BCUT2D eigenvalue weighted by molar-refractivity contribution is 0.370. The van der Waals surface area contributed by atoms with Crippen LogP contribution in [0.2, 0.25) is 0 Å². The summed E-state index contributed by atoms with van der Waals surface area (Å²) in [5.74, 6) is 1.72. The molecule has 1 aromatic rings. The van der Waals surface area contributed by atoms with E-state index >= 15 is 0 Å². The van der Waals surface area contributed by atoms with E-state index in [4.69, 9.17) is 4.74 Å². The van der Waals surface area contributed by atoms with Gasteiger partial charge in [0.25, 0.3) is 0 Å². The van der Waals surface area contributed by atoms with Crippen LogP contribution in [0.1, 0.15) is 56.3 Å². The smallest absolute Gasteiger partial charge is 0.126 e. The van der Waals surface area contributed by atoms with Gasteiger partial charge in [-0.3, -0.25) is 0 Å². The lowest BCUT2D eigenvalue weighted by atomic mass is 9.90. The standard InChI is InChI=1S/C17H28BrNO/c1-7-11(3)9-15(19-8-2)16-13(5)14(18)10-12(4)17(16)20-6/h10-11,15,19H,7-9H2,1-6H3. The zero-order chi connectivity index (χ0) is 15.3. The molecule has 2 unspecified atom stereocenters. The molecule has 0 bridgehead atoms. The van der Waals surface area contributed by atoms with E-state index < -0.39 is 0 Å². The van der Waals surface area contributed by atoms with Gasteiger partial charge in [0.1, 0.15) is 5.75 Å². The van der Waals surface area contributed by atoms with Crippen molar-refractivity contribution in [2.45, 2.75) is 53.5 Å². The highest BCUT2D eigenvalue weighted by molar-refractivity contribution is 9.10. The van der Waals surface area contributed by atoms with Gasteiger partial charge in [0.05, 0.1) is 7.11 Å². The zero-order valence-corrected chi connectivity index (χ0v) is 15.2. The van der Waals surface area contributed by atoms with Crippen molar-refractivity contribution in [3.63, 3.8) is 0 Å². The predicted molar refractivity (Wildman–Crippen MR) is 90.7 cm³/mol. The molecule has 20 heavy (non-hydrogen) atoms. The Balaban J connectivity index is 3.30. The van der Waals surface area contributed by atoms with Crippen LogP contribution in [0.5, 0.6) is 5.75 Å². The SMILES string of the molecule is CCNC(CC(C)CC)c1c(C)c(Br)cc(C)c1OC. The Bertz CT molecular complexity index is 445. The average Bonchev–Trinajstić information content (AvgIpc) is 2.41. The van der Waals surface area contributed by atoms with E-state index in [2.05, 4.69) is 61.9 Å². The third kappa shape index (κ3) is 3.98. The van der Waals surface area contributed by atoms with Crippen LogP contribution in [0.25, 0.3) is 0 Å². The van der Waals surface area contributed by atoms with Crippen molar-refractivity contribution in [1.29, 1.82) is 0 Å². The minimum absolute atomic E-state index is 0.348. The number of hydrogen-bond acceptors (Lipinski definition) is 2. The van der Waals surface area contributed by atoms with E-state index in [-0.39, 0.29) is 0 Å². The molecule has 2 nitrogen and oxygen atoms in total. The van der Waals surface area contributed by atoms with Crippen molar-refractivity contribution < 1.29 is 4.74 Å². The van der Waals surface area contributed by atoms with Gasteiger partial charge in [-0.25, -0.2) is 0 Å². The van der Waals surface area contributed by atoms with Crippen LogP contribution in [0.3, 0.4) is 0 Å². The molecule has 2 atom stereocenters. The topological polar surface area (TPSA) is 21.3 Å². The summed E-state index contributed by atoms with van der Waals surface area (Å²) in [6.07, 6.45) is 2.34. The Morgan fingerprint density at radius 3 is 2.45 bits per heavy atom. The lowest BCUT2D eigenvalue weighted by Gasteiger charge is -2.26. The van der Waals surface area contributed by atoms with Gasteiger partial charge in [0.15, 0.2) is 0 Å². The molecule has 0 fully saturated rings. The molecule has 0 radical (unpaired) electrons. The second-order valence-electron chi connectivity index (χ2n) is 5.61. The van der Waals surface area contributed by atoms with Gasteiger partial charge < -0.3 is 10.1 Å². The van der Waals surface area contributed by atoms with E-state index in [1.54, 1.807) is 7.11 Å². The molecule has 0 aliphatic heterocycles. The first-order valence-electron chi connectivity index (χ1n) is 7.53. The Morgan fingerprint density at radius 1 is 1.30 bits per heavy atom. The molecule has 3 heteroatoms. The van der Waals surface area contributed by atoms with Crippen LogP contribution in [0.15, 0.2) is 10.5 Å². The van der Waals surface area contributed by atoms with Crippen molar-refractivity contribution >= 4 is 15.9 Å². The van der Waals surface area contributed by atoms with Gasteiger partial charge in [0, 0.05) is 16.1 Å².